The van der Waals surface area contributed by atoms with Gasteiger partial charge in [-0.05, 0) is 38.2 Å². The molecule has 1 fully saturated rings. The van der Waals surface area contributed by atoms with Gasteiger partial charge < -0.3 is 19.5 Å². The molecule has 1 N–H and O–H groups in total. The van der Waals surface area contributed by atoms with Gasteiger partial charge in [0.15, 0.2) is 5.76 Å². The molecule has 3 rings (SSSR count). The number of furan rings is 1. The number of aryl methyl sites for hydroxylation is 1. The minimum atomic E-state index is -0.213. The van der Waals surface area contributed by atoms with Gasteiger partial charge in [0.1, 0.15) is 5.76 Å². The van der Waals surface area contributed by atoms with Crippen LogP contribution in [0.15, 0.2) is 40.8 Å². The number of piperazine rings is 1. The van der Waals surface area contributed by atoms with E-state index in [0.717, 1.165) is 43.3 Å². The summed E-state index contributed by atoms with van der Waals surface area (Å²) < 4.78 is 5.38. The van der Waals surface area contributed by atoms with Gasteiger partial charge in [-0.15, -0.1) is 0 Å². The van der Waals surface area contributed by atoms with Crippen LogP contribution >= 0.6 is 0 Å². The zero-order valence-electron chi connectivity index (χ0n) is 13.0. The van der Waals surface area contributed by atoms with Crippen molar-refractivity contribution >= 4 is 17.3 Å². The summed E-state index contributed by atoms with van der Waals surface area (Å²) in [7, 11) is 2.13. The molecule has 0 atom stereocenters. The number of carbonyl (C=O) groups excluding carboxylic acids is 1. The number of benzene rings is 1. The van der Waals surface area contributed by atoms with Crippen LogP contribution in [0.25, 0.3) is 0 Å². The van der Waals surface area contributed by atoms with Crippen LogP contribution < -0.4 is 10.2 Å². The number of anilines is 2. The molecule has 116 valence electrons. The minimum Gasteiger partial charge on any atom is -0.456 e. The van der Waals surface area contributed by atoms with Crippen LogP contribution in [0.1, 0.15) is 16.3 Å². The number of hydrogen-bond acceptors (Lipinski definition) is 4. The predicted molar refractivity (Wildman–Crippen MR) is 87.6 cm³/mol. The molecule has 5 heteroatoms. The van der Waals surface area contributed by atoms with Crippen LogP contribution in [0.4, 0.5) is 11.4 Å². The van der Waals surface area contributed by atoms with Gasteiger partial charge in [-0.1, -0.05) is 12.1 Å². The summed E-state index contributed by atoms with van der Waals surface area (Å²) in [6.07, 6.45) is 0. The Balaban J connectivity index is 1.78. The molecule has 2 aromatic rings. The second-order valence-corrected chi connectivity index (χ2v) is 5.67. The molecule has 0 spiro atoms. The number of nitrogens with one attached hydrogen (secondary N) is 1. The third-order valence-corrected chi connectivity index (χ3v) is 3.96. The highest BCUT2D eigenvalue weighted by atomic mass is 16.3. The van der Waals surface area contributed by atoms with E-state index in [1.165, 1.54) is 0 Å². The first kappa shape index (κ1) is 14.7. The van der Waals surface area contributed by atoms with Crippen LogP contribution in [0.3, 0.4) is 0 Å². The number of rotatable bonds is 3. The van der Waals surface area contributed by atoms with Crippen molar-refractivity contribution in [3.05, 3.63) is 47.9 Å². The average Bonchev–Trinajstić information content (AvgIpc) is 2.95. The fraction of sp³-hybridized carbons (Fsp3) is 0.353. The Kier molecular flexibility index (Phi) is 4.15. The van der Waals surface area contributed by atoms with Crippen molar-refractivity contribution in [3.63, 3.8) is 0 Å². The van der Waals surface area contributed by atoms with E-state index < -0.39 is 0 Å². The van der Waals surface area contributed by atoms with Crippen molar-refractivity contribution in [1.82, 2.24) is 4.90 Å². The maximum atomic E-state index is 12.3. The van der Waals surface area contributed by atoms with Crippen LogP contribution in [0, 0.1) is 6.92 Å². The molecular formula is C17H21N3O2. The average molecular weight is 299 g/mol. The van der Waals surface area contributed by atoms with Crippen LogP contribution in [0.5, 0.6) is 0 Å². The van der Waals surface area contributed by atoms with Crippen molar-refractivity contribution in [2.75, 3.05) is 43.4 Å². The highest BCUT2D eigenvalue weighted by Gasteiger charge is 2.18. The SMILES string of the molecule is Cc1ccc(C(=O)Nc2ccccc2N2CCN(C)CC2)o1. The molecule has 1 aromatic heterocycles. The standard InChI is InChI=1S/C17H21N3O2/c1-13-7-8-16(22-13)17(21)18-14-5-3-4-6-15(14)20-11-9-19(2)10-12-20/h3-8H,9-12H2,1-2H3,(H,18,21). The number of amides is 1. The second kappa shape index (κ2) is 6.23. The molecule has 2 heterocycles. The largest absolute Gasteiger partial charge is 0.456 e. The number of para-hydroxylation sites is 2. The molecule has 0 unspecified atom stereocenters. The van der Waals surface area contributed by atoms with E-state index in [-0.39, 0.29) is 5.91 Å². The quantitative estimate of drug-likeness (QED) is 0.946. The van der Waals surface area contributed by atoms with Gasteiger partial charge in [-0.2, -0.15) is 0 Å². The Bertz CT molecular complexity index is 657. The first-order chi connectivity index (χ1) is 10.6. The Morgan fingerprint density at radius 2 is 1.82 bits per heavy atom. The maximum absolute atomic E-state index is 12.3. The van der Waals surface area contributed by atoms with E-state index in [2.05, 4.69) is 22.2 Å². The van der Waals surface area contributed by atoms with E-state index in [1.54, 1.807) is 12.1 Å². The number of nitrogens with zero attached hydrogens (tertiary/aromatic N) is 2. The van der Waals surface area contributed by atoms with Crippen LogP contribution in [0.2, 0.25) is 0 Å². The molecule has 1 saturated heterocycles. The zero-order chi connectivity index (χ0) is 15.5. The van der Waals surface area contributed by atoms with Crippen molar-refractivity contribution < 1.29 is 9.21 Å². The molecule has 0 saturated carbocycles. The first-order valence-electron chi connectivity index (χ1n) is 7.54. The topological polar surface area (TPSA) is 48.7 Å². The van der Waals surface area contributed by atoms with Crippen LogP contribution in [-0.2, 0) is 0 Å². The van der Waals surface area contributed by atoms with Gasteiger partial charge >= 0.3 is 0 Å². The van der Waals surface area contributed by atoms with Crippen LogP contribution in [-0.4, -0.2) is 44.0 Å². The highest BCUT2D eigenvalue weighted by Crippen LogP contribution is 2.27. The summed E-state index contributed by atoms with van der Waals surface area (Å²) in [5.41, 5.74) is 1.89. The Morgan fingerprint density at radius 1 is 1.09 bits per heavy atom. The lowest BCUT2D eigenvalue weighted by atomic mass is 10.2. The molecule has 5 nitrogen and oxygen atoms in total. The van der Waals surface area contributed by atoms with E-state index in [9.17, 15) is 4.79 Å². The Labute approximate surface area is 130 Å². The lowest BCUT2D eigenvalue weighted by Crippen LogP contribution is -2.44. The highest BCUT2D eigenvalue weighted by molar-refractivity contribution is 6.04. The molecule has 0 aliphatic carbocycles. The third kappa shape index (κ3) is 3.14. The van der Waals surface area contributed by atoms with Crippen molar-refractivity contribution in [1.29, 1.82) is 0 Å². The van der Waals surface area contributed by atoms with Crippen molar-refractivity contribution in [3.8, 4) is 0 Å². The Morgan fingerprint density at radius 3 is 2.50 bits per heavy atom. The van der Waals surface area contributed by atoms with E-state index in [0.29, 0.717) is 5.76 Å². The monoisotopic (exact) mass is 299 g/mol. The predicted octanol–water partition coefficient (Wildman–Crippen LogP) is 2.59. The molecule has 0 radical (unpaired) electrons. The summed E-state index contributed by atoms with van der Waals surface area (Å²) in [6, 6.07) is 11.4. The van der Waals surface area contributed by atoms with Gasteiger partial charge in [0.2, 0.25) is 0 Å². The van der Waals surface area contributed by atoms with E-state index in [1.807, 2.05) is 31.2 Å². The smallest absolute Gasteiger partial charge is 0.291 e. The summed E-state index contributed by atoms with van der Waals surface area (Å²) in [5, 5.41) is 2.96. The first-order valence-corrected chi connectivity index (χ1v) is 7.54. The molecule has 1 aromatic carbocycles. The van der Waals surface area contributed by atoms with E-state index >= 15 is 0 Å². The summed E-state index contributed by atoms with van der Waals surface area (Å²) in [4.78, 5) is 16.9. The van der Waals surface area contributed by atoms with E-state index in [4.69, 9.17) is 4.42 Å². The lowest BCUT2D eigenvalue weighted by molar-refractivity contribution is 0.0995. The summed E-state index contributed by atoms with van der Waals surface area (Å²) in [5.74, 6) is 0.859. The van der Waals surface area contributed by atoms with Gasteiger partial charge in [0.05, 0.1) is 11.4 Å². The zero-order valence-corrected chi connectivity index (χ0v) is 13.0. The minimum absolute atomic E-state index is 0.213. The third-order valence-electron chi connectivity index (χ3n) is 3.96. The number of likely N-dealkylation sites (N-methyl/N-ethyl adjacent to an activating group) is 1. The molecule has 1 amide bonds. The molecule has 0 bridgehead atoms. The number of hydrogen-bond donors (Lipinski definition) is 1. The summed E-state index contributed by atoms with van der Waals surface area (Å²) in [6.45, 7) is 5.81. The molecular weight excluding hydrogens is 278 g/mol. The van der Waals surface area contributed by atoms with Crippen molar-refractivity contribution in [2.45, 2.75) is 6.92 Å². The van der Waals surface area contributed by atoms with Gasteiger partial charge in [0.25, 0.3) is 5.91 Å². The fourth-order valence-corrected chi connectivity index (χ4v) is 2.64. The molecule has 1 aliphatic heterocycles. The number of carbonyl (C=O) groups is 1. The van der Waals surface area contributed by atoms with Crippen molar-refractivity contribution in [2.24, 2.45) is 0 Å². The Hall–Kier alpha value is -2.27. The van der Waals surface area contributed by atoms with Gasteiger partial charge in [-0.25, -0.2) is 0 Å². The van der Waals surface area contributed by atoms with Gasteiger partial charge in [0, 0.05) is 26.2 Å². The van der Waals surface area contributed by atoms with Gasteiger partial charge in [-0.3, -0.25) is 4.79 Å². The summed E-state index contributed by atoms with van der Waals surface area (Å²) >= 11 is 0. The normalized spacial score (nSPS) is 15.8. The fourth-order valence-electron chi connectivity index (χ4n) is 2.64. The lowest BCUT2D eigenvalue weighted by Gasteiger charge is -2.35. The molecule has 22 heavy (non-hydrogen) atoms. The second-order valence-electron chi connectivity index (χ2n) is 5.67. The molecule has 1 aliphatic rings. The maximum Gasteiger partial charge on any atom is 0.291 e.